The van der Waals surface area contributed by atoms with Crippen molar-refractivity contribution in [3.05, 3.63) is 16.1 Å². The Bertz CT molecular complexity index is 405. The van der Waals surface area contributed by atoms with E-state index in [4.69, 9.17) is 10.2 Å². The third-order valence-electron chi connectivity index (χ3n) is 2.09. The van der Waals surface area contributed by atoms with Crippen molar-refractivity contribution in [1.82, 2.24) is 10.3 Å². The zero-order chi connectivity index (χ0) is 12.8. The molecule has 0 aromatic carbocycles. The summed E-state index contributed by atoms with van der Waals surface area (Å²) >= 11 is 1.39. The van der Waals surface area contributed by atoms with Gasteiger partial charge < -0.3 is 15.5 Å². The monoisotopic (exact) mass is 258 g/mol. The lowest BCUT2D eigenvalue weighted by atomic mass is 10.3. The summed E-state index contributed by atoms with van der Waals surface area (Å²) in [5, 5.41) is 22.6. The molecule has 17 heavy (non-hydrogen) atoms. The predicted molar refractivity (Wildman–Crippen MR) is 62.3 cm³/mol. The first-order valence-electron chi connectivity index (χ1n) is 5.10. The molecule has 1 unspecified atom stereocenters. The highest BCUT2D eigenvalue weighted by Gasteiger charge is 2.10. The van der Waals surface area contributed by atoms with E-state index in [9.17, 15) is 9.59 Å². The molecule has 1 aromatic rings. The van der Waals surface area contributed by atoms with Gasteiger partial charge in [-0.2, -0.15) is 0 Å². The van der Waals surface area contributed by atoms with Crippen molar-refractivity contribution in [1.29, 1.82) is 0 Å². The van der Waals surface area contributed by atoms with Crippen LogP contribution in [0, 0.1) is 0 Å². The van der Waals surface area contributed by atoms with E-state index in [1.165, 1.54) is 11.3 Å². The van der Waals surface area contributed by atoms with E-state index in [0.717, 1.165) is 5.01 Å². The van der Waals surface area contributed by atoms with E-state index >= 15 is 0 Å². The lowest BCUT2D eigenvalue weighted by Gasteiger charge is -2.07. The van der Waals surface area contributed by atoms with E-state index < -0.39 is 18.0 Å². The number of aromatic nitrogens is 1. The third kappa shape index (κ3) is 4.92. The summed E-state index contributed by atoms with van der Waals surface area (Å²) in [6, 6.07) is -0.589. The lowest BCUT2D eigenvalue weighted by molar-refractivity contribution is -0.139. The number of nitrogens with one attached hydrogen (secondary N) is 1. The molecular weight excluding hydrogens is 244 g/mol. The van der Waals surface area contributed by atoms with Crippen LogP contribution in [0.4, 0.5) is 0 Å². The second kappa shape index (κ2) is 6.31. The fourth-order valence-corrected chi connectivity index (χ4v) is 1.98. The van der Waals surface area contributed by atoms with Gasteiger partial charge in [-0.1, -0.05) is 0 Å². The molecule has 6 nitrogen and oxygen atoms in total. The van der Waals surface area contributed by atoms with Gasteiger partial charge in [0.25, 0.3) is 0 Å². The Balaban J connectivity index is 2.34. The van der Waals surface area contributed by atoms with Gasteiger partial charge in [0.1, 0.15) is 6.04 Å². The molecule has 0 aliphatic carbocycles. The van der Waals surface area contributed by atoms with Crippen LogP contribution in [0.2, 0.25) is 0 Å². The summed E-state index contributed by atoms with van der Waals surface area (Å²) < 4.78 is 0. The van der Waals surface area contributed by atoms with Crippen molar-refractivity contribution in [2.75, 3.05) is 6.54 Å². The van der Waals surface area contributed by atoms with Crippen molar-refractivity contribution in [2.45, 2.75) is 25.8 Å². The summed E-state index contributed by atoms with van der Waals surface area (Å²) in [6.45, 7) is 2.08. The molecule has 0 amide bonds. The number of aliphatic carboxylic acids is 2. The summed E-state index contributed by atoms with van der Waals surface area (Å²) in [5.74, 6) is -1.80. The van der Waals surface area contributed by atoms with Gasteiger partial charge in [-0.05, 0) is 6.92 Å². The third-order valence-corrected chi connectivity index (χ3v) is 3.05. The minimum absolute atomic E-state index is 0.0740. The summed E-state index contributed by atoms with van der Waals surface area (Å²) in [7, 11) is 0. The molecule has 1 heterocycles. The average Bonchev–Trinajstić information content (AvgIpc) is 2.64. The molecule has 0 saturated carbocycles. The molecule has 1 atom stereocenters. The Morgan fingerprint density at radius 1 is 1.53 bits per heavy atom. The summed E-state index contributed by atoms with van der Waals surface area (Å²) in [4.78, 5) is 25.1. The predicted octanol–water partition coefficient (Wildman–Crippen LogP) is 0.375. The normalized spacial score (nSPS) is 12.3. The standard InChI is InChI=1S/C10H14N2O4S/c1-6(10(15)16)11-3-2-8-12-7(5-17-8)4-9(13)14/h5-6,11H,2-4H2,1H3,(H,13,14)(H,15,16). The maximum Gasteiger partial charge on any atom is 0.320 e. The highest BCUT2D eigenvalue weighted by atomic mass is 32.1. The number of hydrogen-bond donors (Lipinski definition) is 3. The molecule has 0 spiro atoms. The fourth-order valence-electron chi connectivity index (χ4n) is 1.18. The highest BCUT2D eigenvalue weighted by molar-refractivity contribution is 7.09. The number of rotatable bonds is 7. The Kier molecular flexibility index (Phi) is 5.05. The minimum Gasteiger partial charge on any atom is -0.481 e. The van der Waals surface area contributed by atoms with E-state index in [1.54, 1.807) is 12.3 Å². The summed E-state index contributed by atoms with van der Waals surface area (Å²) in [6.07, 6.45) is 0.525. The van der Waals surface area contributed by atoms with Crippen LogP contribution in [0.25, 0.3) is 0 Å². The van der Waals surface area contributed by atoms with E-state index in [0.29, 0.717) is 18.7 Å². The van der Waals surface area contributed by atoms with E-state index in [1.807, 2.05) is 0 Å². The molecule has 0 bridgehead atoms. The molecule has 0 aliphatic heterocycles. The van der Waals surface area contributed by atoms with Crippen molar-refractivity contribution in [3.63, 3.8) is 0 Å². The van der Waals surface area contributed by atoms with Gasteiger partial charge in [-0.3, -0.25) is 9.59 Å². The maximum atomic E-state index is 10.5. The number of hydrogen-bond acceptors (Lipinski definition) is 5. The zero-order valence-corrected chi connectivity index (χ0v) is 10.2. The van der Waals surface area contributed by atoms with Crippen molar-refractivity contribution in [3.8, 4) is 0 Å². The molecule has 1 aromatic heterocycles. The van der Waals surface area contributed by atoms with Gasteiger partial charge in [0.2, 0.25) is 0 Å². The first-order chi connectivity index (χ1) is 7.99. The number of thiazole rings is 1. The number of carboxylic acid groups (broad SMARTS) is 2. The molecular formula is C10H14N2O4S. The minimum atomic E-state index is -0.903. The highest BCUT2D eigenvalue weighted by Crippen LogP contribution is 2.10. The first-order valence-corrected chi connectivity index (χ1v) is 5.98. The SMILES string of the molecule is CC(NCCc1nc(CC(=O)O)cs1)C(=O)O. The fraction of sp³-hybridized carbons (Fsp3) is 0.500. The van der Waals surface area contributed by atoms with Crippen LogP contribution in [0.15, 0.2) is 5.38 Å². The quantitative estimate of drug-likeness (QED) is 0.653. The number of carboxylic acids is 2. The van der Waals surface area contributed by atoms with Gasteiger partial charge in [0.15, 0.2) is 0 Å². The van der Waals surface area contributed by atoms with Crippen molar-refractivity contribution < 1.29 is 19.8 Å². The Hall–Kier alpha value is -1.47. The largest absolute Gasteiger partial charge is 0.481 e. The number of nitrogens with zero attached hydrogens (tertiary/aromatic N) is 1. The van der Waals surface area contributed by atoms with Gasteiger partial charge in [-0.25, -0.2) is 4.98 Å². The van der Waals surface area contributed by atoms with Crippen LogP contribution in [0.3, 0.4) is 0 Å². The summed E-state index contributed by atoms with van der Waals surface area (Å²) in [5.41, 5.74) is 0.545. The van der Waals surface area contributed by atoms with Crippen molar-refractivity contribution >= 4 is 23.3 Å². The molecule has 0 saturated heterocycles. The Morgan fingerprint density at radius 3 is 2.82 bits per heavy atom. The lowest BCUT2D eigenvalue weighted by Crippen LogP contribution is -2.34. The van der Waals surface area contributed by atoms with Crippen LogP contribution in [-0.2, 0) is 22.4 Å². The molecule has 0 fully saturated rings. The van der Waals surface area contributed by atoms with E-state index in [2.05, 4.69) is 10.3 Å². The van der Waals surface area contributed by atoms with Crippen LogP contribution in [0.5, 0.6) is 0 Å². The van der Waals surface area contributed by atoms with Crippen LogP contribution >= 0.6 is 11.3 Å². The van der Waals surface area contributed by atoms with Crippen molar-refractivity contribution in [2.24, 2.45) is 0 Å². The average molecular weight is 258 g/mol. The Labute approximate surface area is 102 Å². The molecule has 1 rings (SSSR count). The second-order valence-corrected chi connectivity index (χ2v) is 4.51. The first kappa shape index (κ1) is 13.6. The molecule has 0 aliphatic rings. The van der Waals surface area contributed by atoms with Crippen LogP contribution < -0.4 is 5.32 Å². The molecule has 0 radical (unpaired) electrons. The van der Waals surface area contributed by atoms with E-state index in [-0.39, 0.29) is 6.42 Å². The van der Waals surface area contributed by atoms with Gasteiger partial charge in [-0.15, -0.1) is 11.3 Å². The van der Waals surface area contributed by atoms with Crippen LogP contribution in [-0.4, -0.2) is 39.7 Å². The molecule has 94 valence electrons. The number of carbonyl (C=O) groups is 2. The van der Waals surface area contributed by atoms with Gasteiger partial charge in [0, 0.05) is 18.3 Å². The van der Waals surface area contributed by atoms with Crippen LogP contribution in [0.1, 0.15) is 17.6 Å². The van der Waals surface area contributed by atoms with Gasteiger partial charge in [0.05, 0.1) is 17.1 Å². The molecule has 7 heteroatoms. The maximum absolute atomic E-state index is 10.5. The topological polar surface area (TPSA) is 99.5 Å². The smallest absolute Gasteiger partial charge is 0.320 e. The molecule has 3 N–H and O–H groups in total. The Morgan fingerprint density at radius 2 is 2.24 bits per heavy atom. The van der Waals surface area contributed by atoms with Gasteiger partial charge >= 0.3 is 11.9 Å². The second-order valence-electron chi connectivity index (χ2n) is 3.57. The zero-order valence-electron chi connectivity index (χ0n) is 9.34.